The number of thiazole rings is 1. The third-order valence-corrected chi connectivity index (χ3v) is 8.14. The Hall–Kier alpha value is -3.32. The number of phenols is 1. The number of hydrogen-bond acceptors (Lipinski definition) is 6. The number of piperazine rings is 1. The van der Waals surface area contributed by atoms with Crippen LogP contribution in [0.25, 0.3) is 10.6 Å². The van der Waals surface area contributed by atoms with Crippen LogP contribution in [0.3, 0.4) is 0 Å². The van der Waals surface area contributed by atoms with Gasteiger partial charge in [0.15, 0.2) is 5.78 Å². The average Bonchev–Trinajstić information content (AvgIpc) is 3.39. The molecule has 190 valence electrons. The van der Waals surface area contributed by atoms with Crippen molar-refractivity contribution in [2.45, 2.75) is 45.4 Å². The molecular weight excluding hydrogens is 478 g/mol. The molecule has 1 aliphatic rings. The van der Waals surface area contributed by atoms with Crippen molar-refractivity contribution in [1.82, 2.24) is 14.8 Å². The molecule has 37 heavy (non-hydrogen) atoms. The van der Waals surface area contributed by atoms with E-state index in [1.54, 1.807) is 13.0 Å². The van der Waals surface area contributed by atoms with Gasteiger partial charge in [0.2, 0.25) is 0 Å². The first-order chi connectivity index (χ1) is 17.9. The van der Waals surface area contributed by atoms with Crippen molar-refractivity contribution < 1.29 is 9.90 Å². The smallest absolute Gasteiger partial charge is 0.178 e. The molecule has 2 heterocycles. The zero-order chi connectivity index (χ0) is 25.9. The van der Waals surface area contributed by atoms with E-state index in [2.05, 4.69) is 89.3 Å². The van der Waals surface area contributed by atoms with Gasteiger partial charge in [0.05, 0.1) is 6.04 Å². The topological polar surface area (TPSA) is 56.7 Å². The maximum Gasteiger partial charge on any atom is 0.178 e. The van der Waals surface area contributed by atoms with Gasteiger partial charge in [-0.3, -0.25) is 14.6 Å². The summed E-state index contributed by atoms with van der Waals surface area (Å²) in [4.78, 5) is 21.3. The number of aromatic nitrogens is 1. The summed E-state index contributed by atoms with van der Waals surface area (Å²) < 4.78 is 0. The number of hydrogen-bond donors (Lipinski definition) is 1. The van der Waals surface area contributed by atoms with Crippen molar-refractivity contribution in [1.29, 1.82) is 0 Å². The number of Topliss-reactive ketones (excluding diaryl/α,β-unsaturated/α-hetero) is 1. The van der Waals surface area contributed by atoms with Crippen LogP contribution < -0.4 is 0 Å². The fourth-order valence-electron chi connectivity index (χ4n) is 5.27. The van der Waals surface area contributed by atoms with Gasteiger partial charge in [-0.05, 0) is 42.7 Å². The van der Waals surface area contributed by atoms with Crippen molar-refractivity contribution in [2.24, 2.45) is 0 Å². The zero-order valence-corrected chi connectivity index (χ0v) is 22.4. The van der Waals surface area contributed by atoms with E-state index in [1.165, 1.54) is 22.5 Å². The monoisotopic (exact) mass is 511 g/mol. The minimum atomic E-state index is -0.0161. The summed E-state index contributed by atoms with van der Waals surface area (Å²) in [5.74, 6) is 0.264. The Morgan fingerprint density at radius 3 is 2.41 bits per heavy atom. The third kappa shape index (κ3) is 5.67. The Morgan fingerprint density at radius 2 is 1.73 bits per heavy atom. The van der Waals surface area contributed by atoms with Gasteiger partial charge in [0.25, 0.3) is 0 Å². The molecule has 6 heteroatoms. The van der Waals surface area contributed by atoms with Gasteiger partial charge in [0, 0.05) is 49.6 Å². The lowest BCUT2D eigenvalue weighted by Gasteiger charge is -2.47. The SMILES string of the molecule is CC(=O)c1csc(-c2ccc([C@H](c3cccc(O)c3)N3C[C@@H](C)N(Cc4ccccc4)C[C@@H]3C)cc2)n1. The number of benzene rings is 3. The van der Waals surface area contributed by atoms with Gasteiger partial charge >= 0.3 is 0 Å². The maximum atomic E-state index is 11.7. The van der Waals surface area contributed by atoms with Gasteiger partial charge in [0.1, 0.15) is 16.5 Å². The molecule has 3 aromatic carbocycles. The minimum Gasteiger partial charge on any atom is -0.508 e. The first-order valence-electron chi connectivity index (χ1n) is 12.8. The van der Waals surface area contributed by atoms with Gasteiger partial charge in [-0.15, -0.1) is 11.3 Å². The summed E-state index contributed by atoms with van der Waals surface area (Å²) in [7, 11) is 0. The molecule has 0 saturated carbocycles. The predicted octanol–water partition coefficient (Wildman–Crippen LogP) is 6.40. The number of carbonyl (C=O) groups excluding carboxylic acids is 1. The van der Waals surface area contributed by atoms with E-state index < -0.39 is 0 Å². The van der Waals surface area contributed by atoms with Gasteiger partial charge in [-0.1, -0.05) is 66.7 Å². The van der Waals surface area contributed by atoms with Crippen molar-refractivity contribution in [2.75, 3.05) is 13.1 Å². The molecule has 1 aromatic heterocycles. The van der Waals surface area contributed by atoms with E-state index >= 15 is 0 Å². The highest BCUT2D eigenvalue weighted by atomic mass is 32.1. The van der Waals surface area contributed by atoms with E-state index in [4.69, 9.17) is 0 Å². The number of ketones is 1. The molecule has 5 rings (SSSR count). The molecule has 0 spiro atoms. The molecule has 1 N–H and O–H groups in total. The van der Waals surface area contributed by atoms with E-state index in [-0.39, 0.29) is 17.6 Å². The lowest BCUT2D eigenvalue weighted by molar-refractivity contribution is 0.0195. The molecule has 0 amide bonds. The fraction of sp³-hybridized carbons (Fsp3) is 0.290. The predicted molar refractivity (Wildman–Crippen MR) is 150 cm³/mol. The standard InChI is InChI=1S/C31H33N3O2S/c1-21-18-34(22(2)17-33(21)19-24-8-5-4-6-9-24)30(27-10-7-11-28(36)16-27)25-12-14-26(15-13-25)31-32-29(20-37-31)23(3)35/h4-16,20-22,30,36H,17-19H2,1-3H3/t21-,22+,30-/m1/s1. The maximum absolute atomic E-state index is 11.7. The van der Waals surface area contributed by atoms with Gasteiger partial charge in [-0.2, -0.15) is 0 Å². The zero-order valence-electron chi connectivity index (χ0n) is 21.5. The van der Waals surface area contributed by atoms with E-state index in [9.17, 15) is 9.90 Å². The highest BCUT2D eigenvalue weighted by Crippen LogP contribution is 2.36. The van der Waals surface area contributed by atoms with Crippen molar-refractivity contribution >= 4 is 17.1 Å². The largest absolute Gasteiger partial charge is 0.508 e. The fourth-order valence-corrected chi connectivity index (χ4v) is 6.13. The molecule has 3 atom stereocenters. The van der Waals surface area contributed by atoms with Gasteiger partial charge < -0.3 is 5.11 Å². The Labute approximate surface area is 223 Å². The van der Waals surface area contributed by atoms with Crippen LogP contribution in [0.2, 0.25) is 0 Å². The molecule has 4 aromatic rings. The second-order valence-corrected chi connectivity index (χ2v) is 10.9. The van der Waals surface area contributed by atoms with Crippen LogP contribution in [0, 0.1) is 0 Å². The molecule has 1 aliphatic heterocycles. The van der Waals surface area contributed by atoms with Gasteiger partial charge in [-0.25, -0.2) is 4.98 Å². The lowest BCUT2D eigenvalue weighted by atomic mass is 9.92. The third-order valence-electron chi connectivity index (χ3n) is 7.25. The Balaban J connectivity index is 1.43. The quantitative estimate of drug-likeness (QED) is 0.291. The minimum absolute atomic E-state index is 0.0153. The molecule has 0 bridgehead atoms. The Kier molecular flexibility index (Phi) is 7.51. The summed E-state index contributed by atoms with van der Waals surface area (Å²) in [6, 6.07) is 27.5. The normalized spacial score (nSPS) is 19.5. The summed E-state index contributed by atoms with van der Waals surface area (Å²) >= 11 is 1.49. The summed E-state index contributed by atoms with van der Waals surface area (Å²) in [5.41, 5.74) is 5.11. The molecule has 0 aliphatic carbocycles. The van der Waals surface area contributed by atoms with Crippen molar-refractivity contribution in [3.63, 3.8) is 0 Å². The van der Waals surface area contributed by atoms with E-state index in [0.717, 1.165) is 35.8 Å². The van der Waals surface area contributed by atoms with E-state index in [0.29, 0.717) is 17.8 Å². The first-order valence-corrected chi connectivity index (χ1v) is 13.7. The second-order valence-electron chi connectivity index (χ2n) is 10.0. The van der Waals surface area contributed by atoms with Crippen LogP contribution in [0.4, 0.5) is 0 Å². The van der Waals surface area contributed by atoms with Crippen LogP contribution in [-0.2, 0) is 6.54 Å². The molecule has 1 fully saturated rings. The first kappa shape index (κ1) is 25.3. The molecule has 1 saturated heterocycles. The van der Waals surface area contributed by atoms with Crippen LogP contribution in [0.5, 0.6) is 5.75 Å². The molecule has 0 radical (unpaired) electrons. The van der Waals surface area contributed by atoms with E-state index in [1.807, 2.05) is 17.5 Å². The van der Waals surface area contributed by atoms with Crippen LogP contribution in [0.15, 0.2) is 84.2 Å². The Morgan fingerprint density at radius 1 is 0.973 bits per heavy atom. The van der Waals surface area contributed by atoms with Crippen molar-refractivity contribution in [3.8, 4) is 16.3 Å². The van der Waals surface area contributed by atoms with Crippen molar-refractivity contribution in [3.05, 3.63) is 107 Å². The molecule has 0 unspecified atom stereocenters. The van der Waals surface area contributed by atoms with Crippen LogP contribution in [-0.4, -0.2) is 50.8 Å². The molecular formula is C31H33N3O2S. The lowest BCUT2D eigenvalue weighted by Crippen LogP contribution is -2.56. The Bertz CT molecular complexity index is 1350. The van der Waals surface area contributed by atoms with Crippen LogP contribution >= 0.6 is 11.3 Å². The second kappa shape index (κ2) is 11.0. The van der Waals surface area contributed by atoms with Crippen LogP contribution in [0.1, 0.15) is 54.0 Å². The number of rotatable bonds is 7. The number of phenolic OH excluding ortho intramolecular Hbond substituents is 1. The summed E-state index contributed by atoms with van der Waals surface area (Å²) in [5, 5.41) is 13.0. The summed E-state index contributed by atoms with van der Waals surface area (Å²) in [6.07, 6.45) is 0. The summed E-state index contributed by atoms with van der Waals surface area (Å²) in [6.45, 7) is 8.98. The number of nitrogens with zero attached hydrogens (tertiary/aromatic N) is 3. The number of carbonyl (C=O) groups is 1. The number of aromatic hydroxyl groups is 1. The highest BCUT2D eigenvalue weighted by molar-refractivity contribution is 7.13. The highest BCUT2D eigenvalue weighted by Gasteiger charge is 2.35. The average molecular weight is 512 g/mol. The molecule has 5 nitrogen and oxygen atoms in total.